The first-order chi connectivity index (χ1) is 10.3. The van der Waals surface area contributed by atoms with Gasteiger partial charge in [-0.2, -0.15) is 0 Å². The van der Waals surface area contributed by atoms with Gasteiger partial charge in [0.05, 0.1) is 0 Å². The van der Waals surface area contributed by atoms with E-state index in [2.05, 4.69) is 24.4 Å². The summed E-state index contributed by atoms with van der Waals surface area (Å²) >= 11 is 0. The SMILES string of the molecule is CCCNCc1ccc(Oc2ccc3c(c2)OCO3)cc1. The Morgan fingerprint density at radius 3 is 2.57 bits per heavy atom. The number of benzene rings is 2. The summed E-state index contributed by atoms with van der Waals surface area (Å²) in [6.07, 6.45) is 1.14. The first-order valence-corrected chi connectivity index (χ1v) is 7.22. The summed E-state index contributed by atoms with van der Waals surface area (Å²) in [5.74, 6) is 3.05. The molecule has 0 saturated carbocycles. The number of ether oxygens (including phenoxy) is 3. The number of nitrogens with one attached hydrogen (secondary N) is 1. The van der Waals surface area contributed by atoms with Crippen LogP contribution >= 0.6 is 0 Å². The Morgan fingerprint density at radius 1 is 1.00 bits per heavy atom. The molecular formula is C17H19NO3. The molecule has 0 bridgehead atoms. The lowest BCUT2D eigenvalue weighted by molar-refractivity contribution is 0.174. The van der Waals surface area contributed by atoms with Crippen molar-refractivity contribution < 1.29 is 14.2 Å². The van der Waals surface area contributed by atoms with E-state index >= 15 is 0 Å². The fourth-order valence-electron chi connectivity index (χ4n) is 2.16. The van der Waals surface area contributed by atoms with Crippen molar-refractivity contribution >= 4 is 0 Å². The van der Waals surface area contributed by atoms with Gasteiger partial charge in [-0.15, -0.1) is 0 Å². The van der Waals surface area contributed by atoms with Crippen LogP contribution < -0.4 is 19.5 Å². The lowest BCUT2D eigenvalue weighted by Gasteiger charge is -2.08. The van der Waals surface area contributed by atoms with E-state index in [1.807, 2.05) is 30.3 Å². The van der Waals surface area contributed by atoms with Crippen molar-refractivity contribution in [2.24, 2.45) is 0 Å². The maximum absolute atomic E-state index is 5.83. The van der Waals surface area contributed by atoms with Gasteiger partial charge in [-0.1, -0.05) is 19.1 Å². The first-order valence-electron chi connectivity index (χ1n) is 7.22. The Balaban J connectivity index is 1.62. The smallest absolute Gasteiger partial charge is 0.231 e. The highest BCUT2D eigenvalue weighted by atomic mass is 16.7. The summed E-state index contributed by atoms with van der Waals surface area (Å²) in [5, 5.41) is 3.38. The zero-order valence-electron chi connectivity index (χ0n) is 12.1. The Hall–Kier alpha value is -2.20. The van der Waals surface area contributed by atoms with Crippen molar-refractivity contribution in [3.63, 3.8) is 0 Å². The molecule has 1 heterocycles. The van der Waals surface area contributed by atoms with Gasteiger partial charge in [-0.05, 0) is 42.8 Å². The van der Waals surface area contributed by atoms with E-state index in [1.165, 1.54) is 5.56 Å². The Morgan fingerprint density at radius 2 is 1.76 bits per heavy atom. The molecule has 0 radical (unpaired) electrons. The molecule has 4 nitrogen and oxygen atoms in total. The zero-order chi connectivity index (χ0) is 14.5. The van der Waals surface area contributed by atoms with Gasteiger partial charge in [0.1, 0.15) is 11.5 Å². The van der Waals surface area contributed by atoms with Crippen LogP contribution in [0.5, 0.6) is 23.0 Å². The molecule has 2 aromatic rings. The molecule has 0 spiro atoms. The van der Waals surface area contributed by atoms with Crippen LogP contribution in [0, 0.1) is 0 Å². The third-order valence-corrected chi connectivity index (χ3v) is 3.26. The van der Waals surface area contributed by atoms with Gasteiger partial charge < -0.3 is 19.5 Å². The first kappa shape index (κ1) is 13.8. The highest BCUT2D eigenvalue weighted by molar-refractivity contribution is 5.48. The molecule has 0 aromatic heterocycles. The van der Waals surface area contributed by atoms with Gasteiger partial charge in [-0.25, -0.2) is 0 Å². The van der Waals surface area contributed by atoms with Crippen molar-refractivity contribution in [2.45, 2.75) is 19.9 Å². The van der Waals surface area contributed by atoms with E-state index in [9.17, 15) is 0 Å². The summed E-state index contributed by atoms with van der Waals surface area (Å²) in [5.41, 5.74) is 1.25. The average Bonchev–Trinajstić information content (AvgIpc) is 2.97. The van der Waals surface area contributed by atoms with Crippen molar-refractivity contribution in [2.75, 3.05) is 13.3 Å². The summed E-state index contributed by atoms with van der Waals surface area (Å²) in [6, 6.07) is 13.7. The van der Waals surface area contributed by atoms with Crippen LogP contribution in [0.1, 0.15) is 18.9 Å². The quantitative estimate of drug-likeness (QED) is 0.821. The van der Waals surface area contributed by atoms with E-state index in [-0.39, 0.29) is 6.79 Å². The predicted octanol–water partition coefficient (Wildman–Crippen LogP) is 3.71. The van der Waals surface area contributed by atoms with Gasteiger partial charge in [0, 0.05) is 12.6 Å². The Bertz CT molecular complexity index is 595. The molecule has 1 N–H and O–H groups in total. The number of hydrogen-bond donors (Lipinski definition) is 1. The van der Waals surface area contributed by atoms with Gasteiger partial charge in [0.15, 0.2) is 11.5 Å². The summed E-state index contributed by atoms with van der Waals surface area (Å²) in [4.78, 5) is 0. The molecule has 3 rings (SSSR count). The number of hydrogen-bond acceptors (Lipinski definition) is 4. The molecule has 1 aliphatic rings. The van der Waals surface area contributed by atoms with Gasteiger partial charge >= 0.3 is 0 Å². The second-order valence-electron chi connectivity index (χ2n) is 4.94. The molecule has 2 aromatic carbocycles. The molecule has 0 aliphatic carbocycles. The maximum Gasteiger partial charge on any atom is 0.231 e. The molecule has 0 amide bonds. The number of fused-ring (bicyclic) bond motifs is 1. The molecule has 110 valence electrons. The van der Waals surface area contributed by atoms with Crippen molar-refractivity contribution in [1.82, 2.24) is 5.32 Å². The van der Waals surface area contributed by atoms with Crippen molar-refractivity contribution in [3.05, 3.63) is 48.0 Å². The molecular weight excluding hydrogens is 266 g/mol. The van der Waals surface area contributed by atoms with E-state index in [0.717, 1.165) is 42.5 Å². The van der Waals surface area contributed by atoms with E-state index in [4.69, 9.17) is 14.2 Å². The Labute approximate surface area is 124 Å². The molecule has 0 fully saturated rings. The van der Waals surface area contributed by atoms with Gasteiger partial charge in [0.25, 0.3) is 0 Å². The topological polar surface area (TPSA) is 39.7 Å². The summed E-state index contributed by atoms with van der Waals surface area (Å²) in [7, 11) is 0. The van der Waals surface area contributed by atoms with Crippen LogP contribution in [0.3, 0.4) is 0 Å². The summed E-state index contributed by atoms with van der Waals surface area (Å²) in [6.45, 7) is 4.36. The minimum atomic E-state index is 0.276. The predicted molar refractivity (Wildman–Crippen MR) is 81.1 cm³/mol. The third kappa shape index (κ3) is 3.47. The average molecular weight is 285 g/mol. The van der Waals surface area contributed by atoms with Crippen LogP contribution in [-0.2, 0) is 6.54 Å². The Kier molecular flexibility index (Phi) is 4.26. The van der Waals surface area contributed by atoms with Crippen molar-refractivity contribution in [1.29, 1.82) is 0 Å². The van der Waals surface area contributed by atoms with E-state index < -0.39 is 0 Å². The van der Waals surface area contributed by atoms with Crippen LogP contribution in [0.15, 0.2) is 42.5 Å². The molecule has 4 heteroatoms. The lowest BCUT2D eigenvalue weighted by Crippen LogP contribution is -2.13. The minimum Gasteiger partial charge on any atom is -0.457 e. The minimum absolute atomic E-state index is 0.276. The molecule has 1 aliphatic heterocycles. The van der Waals surface area contributed by atoms with Crippen molar-refractivity contribution in [3.8, 4) is 23.0 Å². The highest BCUT2D eigenvalue weighted by Crippen LogP contribution is 2.36. The molecule has 0 atom stereocenters. The second kappa shape index (κ2) is 6.50. The maximum atomic E-state index is 5.83. The van der Waals surface area contributed by atoms with E-state index in [0.29, 0.717) is 0 Å². The lowest BCUT2D eigenvalue weighted by atomic mass is 10.2. The number of rotatable bonds is 6. The second-order valence-corrected chi connectivity index (χ2v) is 4.94. The fraction of sp³-hybridized carbons (Fsp3) is 0.294. The van der Waals surface area contributed by atoms with Gasteiger partial charge in [0.2, 0.25) is 6.79 Å². The summed E-state index contributed by atoms with van der Waals surface area (Å²) < 4.78 is 16.5. The largest absolute Gasteiger partial charge is 0.457 e. The molecule has 0 unspecified atom stereocenters. The highest BCUT2D eigenvalue weighted by Gasteiger charge is 2.13. The normalized spacial score (nSPS) is 12.4. The molecule has 0 saturated heterocycles. The van der Waals surface area contributed by atoms with Crippen LogP contribution in [0.4, 0.5) is 0 Å². The fourth-order valence-corrected chi connectivity index (χ4v) is 2.16. The molecule has 21 heavy (non-hydrogen) atoms. The monoisotopic (exact) mass is 285 g/mol. The van der Waals surface area contributed by atoms with Gasteiger partial charge in [-0.3, -0.25) is 0 Å². The van der Waals surface area contributed by atoms with E-state index in [1.54, 1.807) is 0 Å². The zero-order valence-corrected chi connectivity index (χ0v) is 12.1. The van der Waals surface area contributed by atoms with Crippen LogP contribution in [0.25, 0.3) is 0 Å². The standard InChI is InChI=1S/C17H19NO3/c1-2-9-18-11-13-3-5-14(6-4-13)21-15-7-8-16-17(10-15)20-12-19-16/h3-8,10,18H,2,9,11-12H2,1H3. The third-order valence-electron chi connectivity index (χ3n) is 3.26. The van der Waals surface area contributed by atoms with Crippen LogP contribution in [-0.4, -0.2) is 13.3 Å². The van der Waals surface area contributed by atoms with Crippen LogP contribution in [0.2, 0.25) is 0 Å².